The number of anilines is 1. The third-order valence-corrected chi connectivity index (χ3v) is 11.2. The topological polar surface area (TPSA) is 414 Å². The van der Waals surface area contributed by atoms with E-state index in [0.29, 0.717) is 31.0 Å². The molecule has 0 radical (unpaired) electrons. The molecule has 0 spiro atoms. The van der Waals surface area contributed by atoms with E-state index in [-0.39, 0.29) is 38.3 Å². The first-order chi connectivity index (χ1) is 31.6. The van der Waals surface area contributed by atoms with Crippen molar-refractivity contribution in [3.8, 4) is 0 Å². The molecule has 1 aromatic rings. The Morgan fingerprint density at radius 3 is 2.24 bits per heavy atom. The Balaban J connectivity index is 1.69. The molecular weight excluding hydrogens is 863 g/mol. The van der Waals surface area contributed by atoms with Gasteiger partial charge in [0.15, 0.2) is 5.96 Å². The SMILES string of the molecule is NCCC[C@H](N)CC(=O)NC[C@@H]1NC(=O)[C@H](CO)NC(=O)C(NC(=O)[C@@H](O)CCN)CNC(=O)[C@H](C2CCN=C(N)N2)NC(=O)/C(=C/NC(=O)Nc2ccc(C3CCCCC3)cc2)NC1=O. The molecule has 1 aromatic carbocycles. The van der Waals surface area contributed by atoms with Crippen LogP contribution < -0.4 is 76.1 Å². The maximum Gasteiger partial charge on any atom is 0.323 e. The van der Waals surface area contributed by atoms with Crippen LogP contribution >= 0.6 is 0 Å². The molecular formula is C41H65N15O10. The minimum Gasteiger partial charge on any atom is -0.394 e. The van der Waals surface area contributed by atoms with Gasteiger partial charge in [0.05, 0.1) is 12.6 Å². The number of aliphatic hydroxyl groups excluding tert-OH is 2. The number of aliphatic hydroxyl groups is 2. The monoisotopic (exact) mass is 928 g/mol. The summed E-state index contributed by atoms with van der Waals surface area (Å²) >= 11 is 0. The second kappa shape index (κ2) is 26.5. The van der Waals surface area contributed by atoms with Crippen molar-refractivity contribution in [1.29, 1.82) is 0 Å². The Bertz CT molecular complexity index is 1930. The van der Waals surface area contributed by atoms with E-state index in [0.717, 1.165) is 37.4 Å². The number of benzene rings is 1. The molecule has 1 aliphatic carbocycles. The molecule has 2 fully saturated rings. The van der Waals surface area contributed by atoms with E-state index in [1.807, 2.05) is 12.1 Å². The molecule has 9 amide bonds. The fraction of sp³-hybridized carbons (Fsp3) is 0.585. The van der Waals surface area contributed by atoms with E-state index in [1.165, 1.54) is 6.42 Å². The molecule has 2 heterocycles. The Hall–Kier alpha value is -6.41. The van der Waals surface area contributed by atoms with Gasteiger partial charge in [0.25, 0.3) is 5.91 Å². The van der Waals surface area contributed by atoms with Gasteiger partial charge in [0, 0.05) is 44.0 Å². The van der Waals surface area contributed by atoms with Gasteiger partial charge in [-0.15, -0.1) is 0 Å². The molecule has 0 aromatic heterocycles. The van der Waals surface area contributed by atoms with Gasteiger partial charge >= 0.3 is 6.03 Å². The van der Waals surface area contributed by atoms with E-state index in [2.05, 4.69) is 58.2 Å². The quantitative estimate of drug-likeness (QED) is 0.0690. The number of nitrogens with zero attached hydrogens (tertiary/aromatic N) is 1. The lowest BCUT2D eigenvalue weighted by atomic mass is 9.84. The van der Waals surface area contributed by atoms with Crippen molar-refractivity contribution in [2.45, 2.75) is 112 Å². The van der Waals surface area contributed by atoms with Gasteiger partial charge in [0.1, 0.15) is 36.0 Å². The lowest BCUT2D eigenvalue weighted by Gasteiger charge is -2.31. The minimum atomic E-state index is -1.80. The fourth-order valence-electron chi connectivity index (χ4n) is 7.44. The number of carbonyl (C=O) groups excluding carboxylic acids is 8. The number of hydrogen-bond donors (Lipinski definition) is 16. The average molecular weight is 928 g/mol. The largest absolute Gasteiger partial charge is 0.394 e. The van der Waals surface area contributed by atoms with E-state index in [9.17, 15) is 48.6 Å². The highest BCUT2D eigenvalue weighted by atomic mass is 16.3. The van der Waals surface area contributed by atoms with Crippen LogP contribution in [-0.4, -0.2) is 145 Å². The highest BCUT2D eigenvalue weighted by Gasteiger charge is 2.36. The number of urea groups is 1. The molecule has 2 unspecified atom stereocenters. The standard InChI is InChI=1S/C41H65N15O10/c42-14-4-7-24(44)17-32(59)47-18-27-34(60)51-29(20-49-41(66)50-25-10-8-23(9-11-25)22-5-2-1-3-6-22)36(62)56-33(26-13-16-46-40(45)55-26)39(65)48-19-28(53-38(64)31(58)12-15-43)35(61)54-30(21-57)37(63)52-27/h8-11,20,22,24,26-28,30-31,33,57-58H,1-7,12-19,21,42-44H2,(H,47,59)(H,48,65)(H,51,60)(H,52,63)(H,53,64)(H,54,61)(H,56,62)(H3,45,46,55)(H2,49,50,66)/b29-20-/t24-,26?,27-,28?,30-,31-,33-/m0/s1. The second-order valence-electron chi connectivity index (χ2n) is 16.3. The predicted octanol–water partition coefficient (Wildman–Crippen LogP) is -5.17. The van der Waals surface area contributed by atoms with E-state index in [4.69, 9.17) is 22.9 Å². The molecule has 364 valence electrons. The zero-order valence-corrected chi connectivity index (χ0v) is 36.7. The van der Waals surface area contributed by atoms with Gasteiger partial charge in [-0.1, -0.05) is 31.4 Å². The smallest absolute Gasteiger partial charge is 0.323 e. The number of hydrogen-bond acceptors (Lipinski definition) is 16. The normalized spacial score (nSPS) is 24.1. The third-order valence-electron chi connectivity index (χ3n) is 11.2. The zero-order chi connectivity index (χ0) is 48.2. The summed E-state index contributed by atoms with van der Waals surface area (Å²) < 4.78 is 0. The van der Waals surface area contributed by atoms with Gasteiger partial charge in [-0.05, 0) is 75.2 Å². The fourth-order valence-corrected chi connectivity index (χ4v) is 7.44. The Labute approximate surface area is 381 Å². The first-order valence-electron chi connectivity index (χ1n) is 22.1. The molecule has 1 saturated carbocycles. The molecule has 2 aliphatic heterocycles. The summed E-state index contributed by atoms with van der Waals surface area (Å²) in [7, 11) is 0. The van der Waals surface area contributed by atoms with Gasteiger partial charge in [0.2, 0.25) is 35.4 Å². The summed E-state index contributed by atoms with van der Waals surface area (Å²) in [5, 5.41) is 45.1. The minimum absolute atomic E-state index is 0.0657. The first kappa shape index (κ1) is 52.2. The van der Waals surface area contributed by atoms with Crippen molar-refractivity contribution in [1.82, 2.24) is 47.9 Å². The molecule has 25 heteroatoms. The molecule has 66 heavy (non-hydrogen) atoms. The molecule has 1 saturated heterocycles. The number of nitrogens with one attached hydrogen (secondary N) is 10. The maximum atomic E-state index is 14.2. The number of carbonyl (C=O) groups is 8. The highest BCUT2D eigenvalue weighted by molar-refractivity contribution is 6.03. The van der Waals surface area contributed by atoms with Crippen LogP contribution in [0.2, 0.25) is 0 Å². The van der Waals surface area contributed by atoms with Crippen molar-refractivity contribution >= 4 is 59.0 Å². The summed E-state index contributed by atoms with van der Waals surface area (Å²) in [6, 6.07) is -1.81. The summed E-state index contributed by atoms with van der Waals surface area (Å²) in [5.41, 5.74) is 23.9. The van der Waals surface area contributed by atoms with Gasteiger partial charge < -0.3 is 86.3 Å². The Morgan fingerprint density at radius 2 is 1.58 bits per heavy atom. The third kappa shape index (κ3) is 16.5. The summed E-state index contributed by atoms with van der Waals surface area (Å²) in [5.74, 6) is -6.82. The predicted molar refractivity (Wildman–Crippen MR) is 240 cm³/mol. The molecule has 0 bridgehead atoms. The van der Waals surface area contributed by atoms with Gasteiger partial charge in [-0.2, -0.15) is 0 Å². The number of amides is 9. The van der Waals surface area contributed by atoms with E-state index in [1.54, 1.807) is 12.1 Å². The zero-order valence-electron chi connectivity index (χ0n) is 36.7. The summed E-state index contributed by atoms with van der Waals surface area (Å²) in [6.45, 7) is -1.98. The van der Waals surface area contributed by atoms with Crippen molar-refractivity contribution in [3.05, 3.63) is 41.7 Å². The molecule has 4 rings (SSSR count). The Morgan fingerprint density at radius 1 is 0.864 bits per heavy atom. The van der Waals surface area contributed by atoms with Crippen molar-refractivity contribution in [3.63, 3.8) is 0 Å². The van der Waals surface area contributed by atoms with Crippen LogP contribution in [0.3, 0.4) is 0 Å². The molecule has 7 atom stereocenters. The van der Waals surface area contributed by atoms with Crippen LogP contribution in [0.4, 0.5) is 10.5 Å². The van der Waals surface area contributed by atoms with Crippen molar-refractivity contribution < 1.29 is 48.6 Å². The highest BCUT2D eigenvalue weighted by Crippen LogP contribution is 2.33. The van der Waals surface area contributed by atoms with Gasteiger partial charge in [-0.3, -0.25) is 38.6 Å². The van der Waals surface area contributed by atoms with Crippen LogP contribution in [-0.2, 0) is 33.6 Å². The summed E-state index contributed by atoms with van der Waals surface area (Å²) in [6.07, 6.45) is 5.53. The molecule has 25 nitrogen and oxygen atoms in total. The van der Waals surface area contributed by atoms with Crippen LogP contribution in [0.25, 0.3) is 0 Å². The number of rotatable bonds is 16. The number of guanidine groups is 1. The molecule has 20 N–H and O–H groups in total. The molecule has 3 aliphatic rings. The second-order valence-corrected chi connectivity index (χ2v) is 16.3. The van der Waals surface area contributed by atoms with Crippen LogP contribution in [0.15, 0.2) is 41.2 Å². The summed E-state index contributed by atoms with van der Waals surface area (Å²) in [4.78, 5) is 113. The van der Waals surface area contributed by atoms with Crippen LogP contribution in [0.1, 0.15) is 75.7 Å². The lowest BCUT2D eigenvalue weighted by molar-refractivity contribution is -0.137. The maximum absolute atomic E-state index is 14.2. The van der Waals surface area contributed by atoms with Crippen molar-refractivity contribution in [2.75, 3.05) is 44.6 Å². The van der Waals surface area contributed by atoms with Crippen molar-refractivity contribution in [2.24, 2.45) is 27.9 Å². The van der Waals surface area contributed by atoms with Gasteiger partial charge in [-0.25, -0.2) is 4.79 Å². The van der Waals surface area contributed by atoms with E-state index >= 15 is 0 Å². The first-order valence-corrected chi connectivity index (χ1v) is 22.1. The average Bonchev–Trinajstić information content (AvgIpc) is 3.30. The number of aliphatic imine (C=N–C) groups is 1. The Kier molecular flexibility index (Phi) is 21.0. The van der Waals surface area contributed by atoms with E-state index < -0.39 is 115 Å². The van der Waals surface area contributed by atoms with Crippen LogP contribution in [0.5, 0.6) is 0 Å². The lowest BCUT2D eigenvalue weighted by Crippen LogP contribution is -2.64. The number of nitrogens with two attached hydrogens (primary N) is 4. The van der Waals surface area contributed by atoms with Crippen LogP contribution in [0, 0.1) is 0 Å².